The van der Waals surface area contributed by atoms with Gasteiger partial charge in [-0.3, -0.25) is 0 Å². The lowest BCUT2D eigenvalue weighted by Gasteiger charge is -2.13. The van der Waals surface area contributed by atoms with Crippen molar-refractivity contribution in [1.29, 1.82) is 0 Å². The van der Waals surface area contributed by atoms with Crippen molar-refractivity contribution >= 4 is 0 Å². The van der Waals surface area contributed by atoms with Gasteiger partial charge in [0.15, 0.2) is 0 Å². The van der Waals surface area contributed by atoms with Gasteiger partial charge in [-0.2, -0.15) is 0 Å². The first kappa shape index (κ1) is 10.0. The molecule has 0 aromatic carbocycles. The molecule has 0 bridgehead atoms. The van der Waals surface area contributed by atoms with E-state index < -0.39 is 0 Å². The van der Waals surface area contributed by atoms with Crippen molar-refractivity contribution in [2.75, 3.05) is 0 Å². The second kappa shape index (κ2) is 3.56. The molecular weight excluding hydrogens is 168 g/mol. The van der Waals surface area contributed by atoms with Crippen molar-refractivity contribution in [2.45, 2.75) is 40.5 Å². The van der Waals surface area contributed by atoms with E-state index in [1.807, 2.05) is 0 Å². The summed E-state index contributed by atoms with van der Waals surface area (Å²) >= 11 is 0. The molecule has 0 heteroatoms. The van der Waals surface area contributed by atoms with E-state index in [0.29, 0.717) is 5.92 Å². The average molecular weight is 190 g/mol. The predicted octanol–water partition coefficient (Wildman–Crippen LogP) is 4.19. The Bertz CT molecular complexity index is 278. The van der Waals surface area contributed by atoms with E-state index in [0.717, 1.165) is 17.8 Å². The van der Waals surface area contributed by atoms with E-state index in [2.05, 4.69) is 39.8 Å². The van der Waals surface area contributed by atoms with Crippen molar-refractivity contribution in [3.63, 3.8) is 0 Å². The van der Waals surface area contributed by atoms with Crippen LogP contribution in [0, 0.1) is 23.7 Å². The largest absolute Gasteiger partial charge is 0.0738 e. The highest BCUT2D eigenvalue weighted by Gasteiger charge is 2.32. The fourth-order valence-electron chi connectivity index (χ4n) is 2.72. The molecule has 0 saturated heterocycles. The van der Waals surface area contributed by atoms with Gasteiger partial charge < -0.3 is 0 Å². The highest BCUT2D eigenvalue weighted by Crippen LogP contribution is 2.45. The van der Waals surface area contributed by atoms with E-state index in [-0.39, 0.29) is 0 Å². The summed E-state index contributed by atoms with van der Waals surface area (Å²) < 4.78 is 0. The third-order valence-corrected chi connectivity index (χ3v) is 3.89. The first-order chi connectivity index (χ1) is 6.58. The third-order valence-electron chi connectivity index (χ3n) is 3.89. The molecule has 2 rings (SSSR count). The Morgan fingerprint density at radius 3 is 2.43 bits per heavy atom. The molecule has 0 aromatic rings. The van der Waals surface area contributed by atoms with Crippen LogP contribution in [0.4, 0.5) is 0 Å². The van der Waals surface area contributed by atoms with Gasteiger partial charge in [-0.05, 0) is 42.1 Å². The number of hydrogen-bond donors (Lipinski definition) is 0. The van der Waals surface area contributed by atoms with E-state index in [1.165, 1.54) is 12.8 Å². The second-order valence-corrected chi connectivity index (χ2v) is 5.59. The molecule has 0 nitrogen and oxygen atoms in total. The number of fused-ring (bicyclic) bond motifs is 1. The molecule has 0 aromatic heterocycles. The van der Waals surface area contributed by atoms with Crippen molar-refractivity contribution < 1.29 is 0 Å². The molecule has 2 atom stereocenters. The van der Waals surface area contributed by atoms with Crippen molar-refractivity contribution in [3.05, 3.63) is 23.3 Å². The summed E-state index contributed by atoms with van der Waals surface area (Å²) in [6.45, 7) is 9.31. The summed E-state index contributed by atoms with van der Waals surface area (Å²) in [4.78, 5) is 0. The molecule has 0 heterocycles. The van der Waals surface area contributed by atoms with Crippen LogP contribution in [-0.4, -0.2) is 0 Å². The normalized spacial score (nSPS) is 31.0. The van der Waals surface area contributed by atoms with Crippen LogP contribution in [0.15, 0.2) is 23.3 Å². The van der Waals surface area contributed by atoms with Crippen LogP contribution in [0.3, 0.4) is 0 Å². The number of allylic oxidation sites excluding steroid dienone is 4. The fraction of sp³-hybridized carbons (Fsp3) is 0.714. The lowest BCUT2D eigenvalue weighted by Crippen LogP contribution is -2.04. The lowest BCUT2D eigenvalue weighted by molar-refractivity contribution is 0.390. The summed E-state index contributed by atoms with van der Waals surface area (Å²) in [5.41, 5.74) is 3.29. The van der Waals surface area contributed by atoms with Crippen LogP contribution in [0.5, 0.6) is 0 Å². The first-order valence-electron chi connectivity index (χ1n) is 6.00. The lowest BCUT2D eigenvalue weighted by atomic mass is 9.92. The maximum atomic E-state index is 2.52. The standard InChI is InChI=1S/C14H22/c1-9(2)11-5-13-7-12(10(3)4)8-14(13)6-11/h5-6,9-10,12-13H,7-8H2,1-4H3. The monoisotopic (exact) mass is 190 g/mol. The molecule has 2 aliphatic carbocycles. The van der Waals surface area contributed by atoms with Crippen LogP contribution in [0.2, 0.25) is 0 Å². The third kappa shape index (κ3) is 1.67. The molecule has 0 N–H and O–H groups in total. The minimum absolute atomic E-state index is 0.714. The molecule has 2 unspecified atom stereocenters. The second-order valence-electron chi connectivity index (χ2n) is 5.59. The van der Waals surface area contributed by atoms with Crippen LogP contribution in [0.1, 0.15) is 40.5 Å². The first-order valence-corrected chi connectivity index (χ1v) is 6.00. The van der Waals surface area contributed by atoms with E-state index in [1.54, 1.807) is 11.1 Å². The topological polar surface area (TPSA) is 0 Å². The zero-order valence-corrected chi connectivity index (χ0v) is 9.88. The predicted molar refractivity (Wildman–Crippen MR) is 62.1 cm³/mol. The summed E-state index contributed by atoms with van der Waals surface area (Å²) in [5.74, 6) is 3.32. The molecule has 1 saturated carbocycles. The van der Waals surface area contributed by atoms with Crippen LogP contribution in [0.25, 0.3) is 0 Å². The van der Waals surface area contributed by atoms with Crippen molar-refractivity contribution in [2.24, 2.45) is 23.7 Å². The highest BCUT2D eigenvalue weighted by molar-refractivity contribution is 5.39. The summed E-state index contributed by atoms with van der Waals surface area (Å²) in [7, 11) is 0. The molecule has 1 fully saturated rings. The molecule has 78 valence electrons. The Kier molecular flexibility index (Phi) is 2.55. The molecule has 0 aliphatic heterocycles. The maximum absolute atomic E-state index is 2.52. The van der Waals surface area contributed by atoms with Crippen molar-refractivity contribution in [1.82, 2.24) is 0 Å². The van der Waals surface area contributed by atoms with Gasteiger partial charge in [0, 0.05) is 0 Å². The minimum Gasteiger partial charge on any atom is -0.0738 e. The number of hydrogen-bond acceptors (Lipinski definition) is 0. The quantitative estimate of drug-likeness (QED) is 0.612. The van der Waals surface area contributed by atoms with E-state index >= 15 is 0 Å². The molecular formula is C14H22. The van der Waals surface area contributed by atoms with Gasteiger partial charge in [-0.15, -0.1) is 0 Å². The van der Waals surface area contributed by atoms with E-state index in [4.69, 9.17) is 0 Å². The van der Waals surface area contributed by atoms with Gasteiger partial charge in [-0.1, -0.05) is 45.4 Å². The van der Waals surface area contributed by atoms with Gasteiger partial charge in [-0.25, -0.2) is 0 Å². The molecule has 0 radical (unpaired) electrons. The Hall–Kier alpha value is -0.520. The van der Waals surface area contributed by atoms with E-state index in [9.17, 15) is 0 Å². The molecule has 0 amide bonds. The zero-order chi connectivity index (χ0) is 10.3. The van der Waals surface area contributed by atoms with Gasteiger partial charge in [0.1, 0.15) is 0 Å². The zero-order valence-electron chi connectivity index (χ0n) is 9.88. The maximum Gasteiger partial charge on any atom is -0.00112 e. The average Bonchev–Trinajstić information content (AvgIpc) is 2.57. The van der Waals surface area contributed by atoms with Gasteiger partial charge >= 0.3 is 0 Å². The minimum atomic E-state index is 0.714. The highest BCUT2D eigenvalue weighted by atomic mass is 14.4. The van der Waals surface area contributed by atoms with Crippen molar-refractivity contribution in [3.8, 4) is 0 Å². The smallest absolute Gasteiger partial charge is 0.00112 e. The molecule has 0 spiro atoms. The fourth-order valence-corrected chi connectivity index (χ4v) is 2.72. The van der Waals surface area contributed by atoms with Gasteiger partial charge in [0.2, 0.25) is 0 Å². The Labute approximate surface area is 88.1 Å². The Morgan fingerprint density at radius 2 is 1.93 bits per heavy atom. The van der Waals surface area contributed by atoms with Crippen LogP contribution >= 0.6 is 0 Å². The SMILES string of the molecule is CC(C)C1=CC2CC(C(C)C)CC2=C1. The summed E-state index contributed by atoms with van der Waals surface area (Å²) in [5, 5.41) is 0. The number of rotatable bonds is 2. The summed E-state index contributed by atoms with van der Waals surface area (Å²) in [6.07, 6.45) is 7.74. The molecule has 2 aliphatic rings. The van der Waals surface area contributed by atoms with Gasteiger partial charge in [0.05, 0.1) is 0 Å². The summed E-state index contributed by atoms with van der Waals surface area (Å²) in [6, 6.07) is 0. The van der Waals surface area contributed by atoms with Gasteiger partial charge in [0.25, 0.3) is 0 Å². The Balaban J connectivity index is 2.06. The van der Waals surface area contributed by atoms with Crippen LogP contribution in [-0.2, 0) is 0 Å². The molecule has 14 heavy (non-hydrogen) atoms. The Morgan fingerprint density at radius 1 is 1.21 bits per heavy atom. The van der Waals surface area contributed by atoms with Crippen LogP contribution < -0.4 is 0 Å².